The molecule has 0 bridgehead atoms. The van der Waals surface area contributed by atoms with Gasteiger partial charge in [-0.25, -0.2) is 0 Å². The molecular weight excluding hydrogens is 596 g/mol. The fraction of sp³-hybridized carbons (Fsp3) is 0.471. The zero-order valence-corrected chi connectivity index (χ0v) is 28.4. The van der Waals surface area contributed by atoms with E-state index in [2.05, 4.69) is 92.9 Å². The predicted octanol–water partition coefficient (Wildman–Crippen LogP) is 4.99. The van der Waals surface area contributed by atoms with Gasteiger partial charge in [-0.3, -0.25) is 0 Å². The molecular formula is C34H45ClN2O4SSi. The van der Waals surface area contributed by atoms with Crippen molar-refractivity contribution in [1.29, 1.82) is 0 Å². The Morgan fingerprint density at radius 1 is 0.930 bits per heavy atom. The van der Waals surface area contributed by atoms with Gasteiger partial charge in [0.1, 0.15) is 18.4 Å². The number of fused-ring (bicyclic) bond motifs is 2. The van der Waals surface area contributed by atoms with E-state index in [0.29, 0.717) is 11.6 Å². The highest BCUT2D eigenvalue weighted by molar-refractivity contribution is 8.00. The van der Waals surface area contributed by atoms with Crippen LogP contribution >= 0.6 is 23.4 Å². The van der Waals surface area contributed by atoms with Gasteiger partial charge < -0.3 is 29.2 Å². The van der Waals surface area contributed by atoms with Crippen molar-refractivity contribution in [1.82, 2.24) is 4.90 Å². The number of ether oxygens (including phenoxy) is 1. The summed E-state index contributed by atoms with van der Waals surface area (Å²) in [5, 5.41) is 25.5. The van der Waals surface area contributed by atoms with Crippen molar-refractivity contribution in [3.8, 4) is 0 Å². The van der Waals surface area contributed by atoms with Gasteiger partial charge in [-0.05, 0) is 46.7 Å². The number of aliphatic hydroxyl groups is 2. The first-order chi connectivity index (χ1) is 20.6. The highest BCUT2D eigenvalue weighted by atomic mass is 35.5. The lowest BCUT2D eigenvalue weighted by molar-refractivity contribution is -0.174. The molecule has 1 fully saturated rings. The van der Waals surface area contributed by atoms with Gasteiger partial charge in [0, 0.05) is 23.0 Å². The lowest BCUT2D eigenvalue weighted by Crippen LogP contribution is -2.69. The van der Waals surface area contributed by atoms with E-state index in [1.807, 2.05) is 30.3 Å². The summed E-state index contributed by atoms with van der Waals surface area (Å²) in [5.74, 6) is 0. The predicted molar refractivity (Wildman–Crippen MR) is 180 cm³/mol. The second-order valence-electron chi connectivity index (χ2n) is 12.4. The SMILES string of the molecule is CCN(CC)CCN1c2cc(Cl)ccc2S[C@H]2[C@@H](O)[C@H](O)[C@@H](CO[Si](c3ccccc3)(c3ccccc3)C(C)(C)C)O[C@H]21. The quantitative estimate of drug-likeness (QED) is 0.303. The van der Waals surface area contributed by atoms with E-state index >= 15 is 0 Å². The van der Waals surface area contributed by atoms with E-state index in [-0.39, 0.29) is 16.9 Å². The number of aliphatic hydroxyl groups excluding tert-OH is 2. The molecule has 6 nitrogen and oxygen atoms in total. The van der Waals surface area contributed by atoms with Gasteiger partial charge in [0.05, 0.1) is 23.6 Å². The summed E-state index contributed by atoms with van der Waals surface area (Å²) in [5.41, 5.74) is 1.00. The van der Waals surface area contributed by atoms with Crippen molar-refractivity contribution in [2.45, 2.75) is 74.3 Å². The smallest absolute Gasteiger partial charge is 0.261 e. The average molecular weight is 641 g/mol. The van der Waals surface area contributed by atoms with Crippen LogP contribution in [0.2, 0.25) is 10.1 Å². The van der Waals surface area contributed by atoms with Gasteiger partial charge >= 0.3 is 0 Å². The third-order valence-corrected chi connectivity index (χ3v) is 15.5. The molecule has 2 heterocycles. The number of likely N-dealkylation sites (N-methyl/N-ethyl adjacent to an activating group) is 1. The lowest BCUT2D eigenvalue weighted by atomic mass is 9.99. The van der Waals surface area contributed by atoms with Gasteiger partial charge in [0.2, 0.25) is 0 Å². The highest BCUT2D eigenvalue weighted by Crippen LogP contribution is 2.47. The molecule has 0 aliphatic carbocycles. The summed E-state index contributed by atoms with van der Waals surface area (Å²) in [6.07, 6.45) is -3.24. The van der Waals surface area contributed by atoms with Crippen molar-refractivity contribution < 1.29 is 19.4 Å². The summed E-state index contributed by atoms with van der Waals surface area (Å²) in [7, 11) is -2.87. The maximum atomic E-state index is 11.6. The molecule has 2 aliphatic heterocycles. The molecule has 232 valence electrons. The van der Waals surface area contributed by atoms with Crippen LogP contribution in [0.5, 0.6) is 0 Å². The minimum absolute atomic E-state index is 0.158. The molecule has 0 radical (unpaired) electrons. The van der Waals surface area contributed by atoms with E-state index in [4.69, 9.17) is 20.8 Å². The second-order valence-corrected chi connectivity index (χ2v) is 18.4. The molecule has 0 saturated carbocycles. The number of thioether (sulfide) groups is 1. The molecule has 0 aromatic heterocycles. The van der Waals surface area contributed by atoms with E-state index in [1.54, 1.807) is 11.8 Å². The van der Waals surface area contributed by atoms with E-state index in [0.717, 1.165) is 40.6 Å². The molecule has 0 amide bonds. The van der Waals surface area contributed by atoms with Crippen molar-refractivity contribution >= 4 is 47.7 Å². The summed E-state index contributed by atoms with van der Waals surface area (Å²) in [6.45, 7) is 14.6. The number of halogens is 1. The van der Waals surface area contributed by atoms with Gasteiger partial charge in [-0.1, -0.05) is 107 Å². The van der Waals surface area contributed by atoms with E-state index in [9.17, 15) is 10.2 Å². The Morgan fingerprint density at radius 2 is 1.53 bits per heavy atom. The Labute approximate surface area is 267 Å². The van der Waals surface area contributed by atoms with Crippen LogP contribution in [0.25, 0.3) is 0 Å². The summed E-state index contributed by atoms with van der Waals surface area (Å²) < 4.78 is 13.9. The number of hydrogen-bond acceptors (Lipinski definition) is 7. The molecule has 2 aliphatic rings. The molecule has 5 rings (SSSR count). The van der Waals surface area contributed by atoms with Crippen LogP contribution in [0.4, 0.5) is 5.69 Å². The van der Waals surface area contributed by atoms with Gasteiger partial charge in [-0.2, -0.15) is 0 Å². The monoisotopic (exact) mass is 640 g/mol. The van der Waals surface area contributed by atoms with E-state index in [1.165, 1.54) is 0 Å². The number of rotatable bonds is 10. The Kier molecular flexibility index (Phi) is 10.3. The molecule has 0 spiro atoms. The third-order valence-electron chi connectivity index (χ3n) is 8.90. The molecule has 9 heteroatoms. The third kappa shape index (κ3) is 6.44. The van der Waals surface area contributed by atoms with E-state index < -0.39 is 32.9 Å². The van der Waals surface area contributed by atoms with Crippen LogP contribution in [-0.4, -0.2) is 86.0 Å². The maximum absolute atomic E-state index is 11.6. The Morgan fingerprint density at radius 3 is 2.09 bits per heavy atom. The average Bonchev–Trinajstić information content (AvgIpc) is 3.00. The number of benzene rings is 3. The first-order valence-corrected chi connectivity index (χ1v) is 18.5. The maximum Gasteiger partial charge on any atom is 0.261 e. The summed E-state index contributed by atoms with van der Waals surface area (Å²) >= 11 is 8.04. The minimum atomic E-state index is -2.87. The van der Waals surface area contributed by atoms with Crippen LogP contribution in [0.1, 0.15) is 34.6 Å². The summed E-state index contributed by atoms with van der Waals surface area (Å²) in [4.78, 5) is 5.63. The molecule has 5 atom stereocenters. The van der Waals surface area contributed by atoms with Crippen molar-refractivity contribution in [3.05, 3.63) is 83.9 Å². The molecule has 43 heavy (non-hydrogen) atoms. The zero-order valence-electron chi connectivity index (χ0n) is 25.8. The second kappa shape index (κ2) is 13.6. The first kappa shape index (κ1) is 32.5. The molecule has 3 aromatic rings. The van der Waals surface area contributed by atoms with Crippen molar-refractivity contribution in [2.24, 2.45) is 0 Å². The minimum Gasteiger partial charge on any atom is -0.405 e. The number of anilines is 1. The highest BCUT2D eigenvalue weighted by Gasteiger charge is 2.53. The lowest BCUT2D eigenvalue weighted by Gasteiger charge is -2.51. The van der Waals surface area contributed by atoms with Gasteiger partial charge in [0.25, 0.3) is 8.32 Å². The van der Waals surface area contributed by atoms with Gasteiger partial charge in [0.15, 0.2) is 0 Å². The number of nitrogens with zero attached hydrogens (tertiary/aromatic N) is 2. The topological polar surface area (TPSA) is 65.4 Å². The van der Waals surface area contributed by atoms with Crippen LogP contribution in [0, 0.1) is 0 Å². The fourth-order valence-electron chi connectivity index (χ4n) is 6.54. The first-order valence-electron chi connectivity index (χ1n) is 15.3. The Bertz CT molecular complexity index is 1300. The van der Waals surface area contributed by atoms with Crippen molar-refractivity contribution in [2.75, 3.05) is 37.7 Å². The molecule has 1 saturated heterocycles. The fourth-order valence-corrected chi connectivity index (χ4v) is 12.6. The normalized spacial score (nSPS) is 24.1. The Balaban J connectivity index is 1.49. The molecule has 0 unspecified atom stereocenters. The van der Waals surface area contributed by atoms with Crippen LogP contribution < -0.4 is 15.3 Å². The van der Waals surface area contributed by atoms with Gasteiger partial charge in [-0.15, -0.1) is 11.8 Å². The molecule has 3 aromatic carbocycles. The molecule has 2 N–H and O–H groups in total. The number of hydrogen-bond donors (Lipinski definition) is 2. The largest absolute Gasteiger partial charge is 0.405 e. The van der Waals surface area contributed by atoms with Crippen molar-refractivity contribution in [3.63, 3.8) is 0 Å². The summed E-state index contributed by atoms with van der Waals surface area (Å²) in [6, 6.07) is 26.8. The van der Waals surface area contributed by atoms with Crippen LogP contribution in [-0.2, 0) is 9.16 Å². The Hall–Kier alpha value is -1.88. The zero-order chi connectivity index (χ0) is 30.8. The standard InChI is InChI=1S/C34H45ClN2O4SSi/c1-6-36(7-2)20-21-37-27-22-24(35)18-19-29(27)42-32-31(39)30(38)28(41-33(32)37)23-40-43(34(3,4)5,25-14-10-8-11-15-25)26-16-12-9-13-17-26/h8-19,22,28,30-33,38-39H,6-7,20-21,23H2,1-5H3/t28-,30-,31+,32+,33-/m1/s1. The van der Waals surface area contributed by atoms with Crippen LogP contribution in [0.3, 0.4) is 0 Å². The van der Waals surface area contributed by atoms with Crippen LogP contribution in [0.15, 0.2) is 83.8 Å².